The number of carbonyl (C=O) groups excluding carboxylic acids is 2. The number of nitrogens with zero attached hydrogens (tertiary/aromatic N) is 1. The van der Waals surface area contributed by atoms with Gasteiger partial charge in [-0.3, -0.25) is 9.59 Å². The van der Waals surface area contributed by atoms with Gasteiger partial charge in [0.15, 0.2) is 0 Å². The van der Waals surface area contributed by atoms with Crippen LogP contribution in [0.5, 0.6) is 0 Å². The zero-order valence-electron chi connectivity index (χ0n) is 14.1. The zero-order valence-corrected chi connectivity index (χ0v) is 14.1. The van der Waals surface area contributed by atoms with Gasteiger partial charge in [-0.25, -0.2) is 0 Å². The summed E-state index contributed by atoms with van der Waals surface area (Å²) in [5.74, 6) is 0.240. The van der Waals surface area contributed by atoms with Crippen molar-refractivity contribution in [2.75, 3.05) is 16.8 Å². The van der Waals surface area contributed by atoms with Crippen LogP contribution in [-0.4, -0.2) is 18.4 Å². The molecule has 0 aliphatic carbocycles. The number of hydrogen-bond acceptors (Lipinski definition) is 2. The third-order valence-corrected chi connectivity index (χ3v) is 4.50. The Morgan fingerprint density at radius 1 is 1.17 bits per heavy atom. The zero-order chi connectivity index (χ0) is 17.1. The van der Waals surface area contributed by atoms with Gasteiger partial charge in [-0.15, -0.1) is 0 Å². The summed E-state index contributed by atoms with van der Waals surface area (Å²) in [6.45, 7) is 4.35. The van der Waals surface area contributed by atoms with Gasteiger partial charge in [0.2, 0.25) is 11.8 Å². The molecule has 1 aliphatic rings. The summed E-state index contributed by atoms with van der Waals surface area (Å²) in [7, 11) is 0. The summed E-state index contributed by atoms with van der Waals surface area (Å²) >= 11 is 0. The van der Waals surface area contributed by atoms with Gasteiger partial charge in [0.05, 0.1) is 0 Å². The van der Waals surface area contributed by atoms with E-state index in [-0.39, 0.29) is 17.7 Å². The Morgan fingerprint density at radius 3 is 2.62 bits per heavy atom. The molecule has 0 saturated heterocycles. The molecule has 0 unspecified atom stereocenters. The van der Waals surface area contributed by atoms with E-state index in [0.29, 0.717) is 13.0 Å². The molecule has 0 saturated carbocycles. The van der Waals surface area contributed by atoms with Crippen molar-refractivity contribution in [1.29, 1.82) is 0 Å². The van der Waals surface area contributed by atoms with Crippen molar-refractivity contribution in [3.63, 3.8) is 0 Å². The normalized spacial score (nSPS) is 14.2. The van der Waals surface area contributed by atoms with Crippen molar-refractivity contribution < 1.29 is 9.59 Å². The van der Waals surface area contributed by atoms with Crippen LogP contribution in [0.1, 0.15) is 37.3 Å². The van der Waals surface area contributed by atoms with Crippen LogP contribution in [0, 0.1) is 0 Å². The second-order valence-corrected chi connectivity index (χ2v) is 6.33. The molecule has 3 rings (SSSR count). The predicted octanol–water partition coefficient (Wildman–Crippen LogP) is 3.73. The molecule has 0 aromatic heterocycles. The van der Waals surface area contributed by atoms with E-state index >= 15 is 0 Å². The molecule has 0 fully saturated rings. The van der Waals surface area contributed by atoms with Crippen LogP contribution in [0.25, 0.3) is 0 Å². The van der Waals surface area contributed by atoms with E-state index in [1.165, 1.54) is 5.56 Å². The van der Waals surface area contributed by atoms with Crippen LogP contribution < -0.4 is 10.2 Å². The van der Waals surface area contributed by atoms with Crippen molar-refractivity contribution in [3.05, 3.63) is 59.7 Å². The molecule has 1 atom stereocenters. The molecule has 0 spiro atoms. The number of anilines is 2. The first-order valence-corrected chi connectivity index (χ1v) is 8.30. The number of fused-ring (bicyclic) bond motifs is 1. The quantitative estimate of drug-likeness (QED) is 0.932. The molecule has 1 N–H and O–H groups in total. The minimum Gasteiger partial charge on any atom is -0.326 e. The number of nitrogens with one attached hydrogen (secondary N) is 1. The molecule has 0 bridgehead atoms. The van der Waals surface area contributed by atoms with Gasteiger partial charge in [-0.05, 0) is 41.7 Å². The van der Waals surface area contributed by atoms with Crippen LogP contribution in [0.4, 0.5) is 11.4 Å². The average molecular weight is 322 g/mol. The molecule has 4 nitrogen and oxygen atoms in total. The fraction of sp³-hybridized carbons (Fsp3) is 0.300. The van der Waals surface area contributed by atoms with E-state index in [1.54, 1.807) is 11.8 Å². The van der Waals surface area contributed by atoms with Crippen LogP contribution in [0.2, 0.25) is 0 Å². The summed E-state index contributed by atoms with van der Waals surface area (Å²) in [6.07, 6.45) is 1.28. The van der Waals surface area contributed by atoms with E-state index in [4.69, 9.17) is 0 Å². The highest BCUT2D eigenvalue weighted by atomic mass is 16.2. The SMILES string of the molecule is CC(=O)N1CCc2cc(NC(=O)C[C@@H](C)c3ccccc3)ccc21. The topological polar surface area (TPSA) is 49.4 Å². The Morgan fingerprint density at radius 2 is 1.92 bits per heavy atom. The van der Waals surface area contributed by atoms with Gasteiger partial charge >= 0.3 is 0 Å². The second kappa shape index (κ2) is 6.87. The highest BCUT2D eigenvalue weighted by molar-refractivity contribution is 5.95. The summed E-state index contributed by atoms with van der Waals surface area (Å²) in [5, 5.41) is 2.97. The fourth-order valence-electron chi connectivity index (χ4n) is 3.20. The summed E-state index contributed by atoms with van der Waals surface area (Å²) < 4.78 is 0. The Hall–Kier alpha value is -2.62. The van der Waals surface area contributed by atoms with E-state index < -0.39 is 0 Å². The third-order valence-electron chi connectivity index (χ3n) is 4.50. The number of carbonyl (C=O) groups is 2. The number of amides is 2. The van der Waals surface area contributed by atoms with Gasteiger partial charge in [0.1, 0.15) is 0 Å². The number of hydrogen-bond donors (Lipinski definition) is 1. The molecular weight excluding hydrogens is 300 g/mol. The third kappa shape index (κ3) is 3.48. The maximum absolute atomic E-state index is 12.3. The highest BCUT2D eigenvalue weighted by Gasteiger charge is 2.22. The first-order valence-electron chi connectivity index (χ1n) is 8.30. The molecule has 4 heteroatoms. The second-order valence-electron chi connectivity index (χ2n) is 6.33. The molecule has 24 heavy (non-hydrogen) atoms. The van der Waals surface area contributed by atoms with Crippen LogP contribution in [0.15, 0.2) is 48.5 Å². The van der Waals surface area contributed by atoms with E-state index in [9.17, 15) is 9.59 Å². The van der Waals surface area contributed by atoms with E-state index in [1.807, 2.05) is 48.5 Å². The maximum Gasteiger partial charge on any atom is 0.224 e. The van der Waals surface area contributed by atoms with Crippen LogP contribution >= 0.6 is 0 Å². The van der Waals surface area contributed by atoms with Crippen molar-refractivity contribution in [2.24, 2.45) is 0 Å². The lowest BCUT2D eigenvalue weighted by molar-refractivity contribution is -0.117. The standard InChI is InChI=1S/C20H22N2O2/c1-14(16-6-4-3-5-7-16)12-20(24)21-18-8-9-19-17(13-18)10-11-22(19)15(2)23/h3-9,13-14H,10-12H2,1-2H3,(H,21,24)/t14-/m1/s1. The van der Waals surface area contributed by atoms with Gasteiger partial charge in [-0.2, -0.15) is 0 Å². The molecular formula is C20H22N2O2. The Balaban J connectivity index is 1.64. The van der Waals surface area contributed by atoms with Crippen molar-refractivity contribution in [2.45, 2.75) is 32.6 Å². The monoisotopic (exact) mass is 322 g/mol. The maximum atomic E-state index is 12.3. The Bertz CT molecular complexity index is 755. The predicted molar refractivity (Wildman–Crippen MR) is 96.3 cm³/mol. The number of rotatable bonds is 4. The molecule has 0 radical (unpaired) electrons. The lowest BCUT2D eigenvalue weighted by Crippen LogP contribution is -2.25. The minimum atomic E-state index is 0.00715. The summed E-state index contributed by atoms with van der Waals surface area (Å²) in [6, 6.07) is 15.8. The van der Waals surface area contributed by atoms with Gasteiger partial charge < -0.3 is 10.2 Å². The van der Waals surface area contributed by atoms with E-state index in [2.05, 4.69) is 12.2 Å². The number of benzene rings is 2. The lowest BCUT2D eigenvalue weighted by Gasteiger charge is -2.15. The first kappa shape index (κ1) is 16.2. The lowest BCUT2D eigenvalue weighted by atomic mass is 9.97. The van der Waals surface area contributed by atoms with Gasteiger partial charge in [-0.1, -0.05) is 37.3 Å². The van der Waals surface area contributed by atoms with Gasteiger partial charge in [0.25, 0.3) is 0 Å². The van der Waals surface area contributed by atoms with Crippen molar-refractivity contribution in [3.8, 4) is 0 Å². The Kier molecular flexibility index (Phi) is 4.65. The summed E-state index contributed by atoms with van der Waals surface area (Å²) in [4.78, 5) is 25.7. The van der Waals surface area contributed by atoms with E-state index in [0.717, 1.165) is 23.4 Å². The summed E-state index contributed by atoms with van der Waals surface area (Å²) in [5.41, 5.74) is 4.03. The van der Waals surface area contributed by atoms with Crippen LogP contribution in [-0.2, 0) is 16.0 Å². The average Bonchev–Trinajstić information content (AvgIpc) is 2.99. The fourth-order valence-corrected chi connectivity index (χ4v) is 3.20. The molecule has 1 heterocycles. The van der Waals surface area contributed by atoms with Crippen molar-refractivity contribution in [1.82, 2.24) is 0 Å². The van der Waals surface area contributed by atoms with Crippen LogP contribution in [0.3, 0.4) is 0 Å². The van der Waals surface area contributed by atoms with Crippen molar-refractivity contribution >= 4 is 23.2 Å². The van der Waals surface area contributed by atoms with Gasteiger partial charge in [0, 0.05) is 31.3 Å². The Labute approximate surface area is 142 Å². The molecule has 2 amide bonds. The minimum absolute atomic E-state index is 0.00715. The molecule has 2 aromatic carbocycles. The smallest absolute Gasteiger partial charge is 0.224 e. The molecule has 1 aliphatic heterocycles. The molecule has 124 valence electrons. The first-order chi connectivity index (χ1) is 11.5. The molecule has 2 aromatic rings. The highest BCUT2D eigenvalue weighted by Crippen LogP contribution is 2.30. The largest absolute Gasteiger partial charge is 0.326 e.